The van der Waals surface area contributed by atoms with Crippen LogP contribution in [0.3, 0.4) is 0 Å². The molecule has 4 heterocycles. The molecule has 0 aliphatic carbocycles. The van der Waals surface area contributed by atoms with Crippen LogP contribution < -0.4 is 9.97 Å². The molecule has 2 aromatic carbocycles. The molecule has 0 bridgehead atoms. The number of aromatic nitrogens is 2. The third kappa shape index (κ3) is 7.73. The molecule has 5 heteroatoms. The van der Waals surface area contributed by atoms with Gasteiger partial charge in [0.15, 0.2) is 0 Å². The molecule has 0 spiro atoms. The van der Waals surface area contributed by atoms with Crippen molar-refractivity contribution in [2.45, 2.75) is 96.9 Å². The Hall–Kier alpha value is -4.08. The van der Waals surface area contributed by atoms with Gasteiger partial charge in [-0.3, -0.25) is 9.98 Å². The molecule has 0 fully saturated rings. The van der Waals surface area contributed by atoms with Gasteiger partial charge in [-0.15, -0.1) is 11.4 Å². The second-order valence-electron chi connectivity index (χ2n) is 14.0. The van der Waals surface area contributed by atoms with E-state index in [1.54, 1.807) is 0 Å². The number of allylic oxidation sites excluding steroid dienone is 4. The summed E-state index contributed by atoms with van der Waals surface area (Å²) in [5.74, 6) is 0. The molecule has 2 aromatic heterocycles. The van der Waals surface area contributed by atoms with Gasteiger partial charge in [0.1, 0.15) is 0 Å². The number of aryl methyl sites for hydroxylation is 10. The molecule has 2 aliphatic heterocycles. The summed E-state index contributed by atoms with van der Waals surface area (Å²) in [5.41, 5.74) is 25.9. The first-order valence-electron chi connectivity index (χ1n) is 16.9. The van der Waals surface area contributed by atoms with E-state index in [1.165, 1.54) is 77.9 Å². The molecule has 2 aliphatic rings. The normalized spacial score (nSPS) is 16.0. The summed E-state index contributed by atoms with van der Waals surface area (Å²) in [6.45, 7) is 29.8. The Morgan fingerprint density at radius 1 is 0.429 bits per heavy atom. The zero-order valence-corrected chi connectivity index (χ0v) is 35.1. The summed E-state index contributed by atoms with van der Waals surface area (Å²) < 4.78 is 0. The molecule has 248 valence electrons. The van der Waals surface area contributed by atoms with Crippen molar-refractivity contribution in [2.75, 3.05) is 0 Å². The summed E-state index contributed by atoms with van der Waals surface area (Å²) in [5, 5.41) is 0. The minimum Gasteiger partial charge on any atom is -0.661 e. The van der Waals surface area contributed by atoms with Crippen LogP contribution in [0.4, 0.5) is 0 Å². The van der Waals surface area contributed by atoms with Crippen molar-refractivity contribution >= 4 is 22.6 Å². The maximum absolute atomic E-state index is 4.84. The van der Waals surface area contributed by atoms with Crippen LogP contribution in [-0.2, 0) is 19.5 Å². The fourth-order valence-electron chi connectivity index (χ4n) is 7.57. The molecule has 6 rings (SSSR count). The molecular weight excluding hydrogens is 650 g/mol. The smallest absolute Gasteiger partial charge is 0.661 e. The molecule has 0 N–H and O–H groups in total. The summed E-state index contributed by atoms with van der Waals surface area (Å²) in [6, 6.07) is 13.3. The van der Waals surface area contributed by atoms with Crippen molar-refractivity contribution in [2.24, 2.45) is 9.98 Å². The number of nitrogens with zero attached hydrogens (tertiary/aromatic N) is 4. The minimum absolute atomic E-state index is 0. The Kier molecular flexibility index (Phi) is 11.4. The van der Waals surface area contributed by atoms with Crippen molar-refractivity contribution in [3.63, 3.8) is 0 Å². The van der Waals surface area contributed by atoms with Gasteiger partial charge in [0.05, 0.1) is 11.4 Å². The Bertz CT molecular complexity index is 1950. The van der Waals surface area contributed by atoms with Gasteiger partial charge in [-0.25, -0.2) is 0 Å². The van der Waals surface area contributed by atoms with Crippen LogP contribution in [0.15, 0.2) is 81.1 Å². The number of hydrogen-bond donors (Lipinski definition) is 0. The largest absolute Gasteiger partial charge is 2.00 e. The van der Waals surface area contributed by atoms with Gasteiger partial charge in [-0.1, -0.05) is 72.5 Å². The third-order valence-corrected chi connectivity index (χ3v) is 9.15. The number of rotatable bonds is 4. The molecule has 4 nitrogen and oxygen atoms in total. The third-order valence-electron chi connectivity index (χ3n) is 9.15. The average Bonchev–Trinajstić information content (AvgIpc) is 3.68. The summed E-state index contributed by atoms with van der Waals surface area (Å²) in [7, 11) is 0. The van der Waals surface area contributed by atoms with Gasteiger partial charge in [-0.2, -0.15) is 11.4 Å². The van der Waals surface area contributed by atoms with Crippen LogP contribution in [-0.4, -0.2) is 11.4 Å². The van der Waals surface area contributed by atoms with E-state index in [0.717, 1.165) is 45.6 Å². The fraction of sp³-hybridized carbons (Fsp3) is 0.318. The maximum atomic E-state index is 4.84. The van der Waals surface area contributed by atoms with Gasteiger partial charge in [0, 0.05) is 11.4 Å². The van der Waals surface area contributed by atoms with Crippen LogP contribution in [0.25, 0.3) is 11.1 Å². The monoisotopic (exact) mass is 698 g/mol. The first-order valence-corrected chi connectivity index (χ1v) is 16.9. The second kappa shape index (κ2) is 14.8. The molecule has 0 atom stereocenters. The van der Waals surface area contributed by atoms with E-state index < -0.39 is 0 Å². The van der Waals surface area contributed by atoms with Crippen molar-refractivity contribution in [1.82, 2.24) is 9.97 Å². The van der Waals surface area contributed by atoms with Crippen molar-refractivity contribution in [3.8, 4) is 0 Å². The predicted molar refractivity (Wildman–Crippen MR) is 206 cm³/mol. The van der Waals surface area contributed by atoms with E-state index >= 15 is 0 Å². The number of hydrogen-bond acceptors (Lipinski definition) is 2. The predicted octanol–water partition coefficient (Wildman–Crippen LogP) is 10.7. The SMILES string of the molecule is CC1=CC(C)=N/C1=C(\c1[n-]c(C)cc1C)c1c(C)cc(C)cc1C.CC1=CC(C)=N/C1=C(\c1[n-]c(C)cc1C)c1c(C)cc(C)cc1C.[Zn+2]. The van der Waals surface area contributed by atoms with Gasteiger partial charge >= 0.3 is 19.5 Å². The maximum Gasteiger partial charge on any atom is 2.00 e. The zero-order chi connectivity index (χ0) is 35.2. The van der Waals surface area contributed by atoms with Crippen LogP contribution in [0.2, 0.25) is 0 Å². The topological polar surface area (TPSA) is 52.9 Å². The molecule has 0 unspecified atom stereocenters. The van der Waals surface area contributed by atoms with E-state index in [9.17, 15) is 0 Å². The zero-order valence-electron chi connectivity index (χ0n) is 32.1. The minimum atomic E-state index is 0. The van der Waals surface area contributed by atoms with Crippen molar-refractivity contribution < 1.29 is 19.5 Å². The summed E-state index contributed by atoms with van der Waals surface area (Å²) >= 11 is 0. The van der Waals surface area contributed by atoms with Crippen LogP contribution in [0, 0.1) is 69.2 Å². The Labute approximate surface area is 307 Å². The molecule has 0 amide bonds. The molecule has 0 saturated carbocycles. The molecule has 49 heavy (non-hydrogen) atoms. The van der Waals surface area contributed by atoms with E-state index in [4.69, 9.17) is 20.0 Å². The first kappa shape index (κ1) is 37.7. The standard InChI is InChI=1S/2C22H25N2.Zn/c2*1-12-8-13(2)19(14(3)9-12)20(21-15(4)10-17(6)23-21)22-16(5)11-18(7)24-22;/h2*8-11H,1-7H3;/q2*-1;+2/b2*21-20-;. The number of aliphatic imine (C=N–C) groups is 2. The van der Waals surface area contributed by atoms with Crippen LogP contribution in [0.1, 0.15) is 106 Å². The van der Waals surface area contributed by atoms with E-state index in [-0.39, 0.29) is 19.5 Å². The number of benzene rings is 2. The van der Waals surface area contributed by atoms with E-state index in [0.29, 0.717) is 0 Å². The molecule has 0 saturated heterocycles. The molecule has 0 radical (unpaired) electrons. The van der Waals surface area contributed by atoms with Crippen molar-refractivity contribution in [1.29, 1.82) is 0 Å². The van der Waals surface area contributed by atoms with Crippen molar-refractivity contribution in [3.05, 3.63) is 150 Å². The average molecular weight is 700 g/mol. The van der Waals surface area contributed by atoms with E-state index in [1.807, 2.05) is 0 Å². The Morgan fingerprint density at radius 2 is 0.735 bits per heavy atom. The fourth-order valence-corrected chi connectivity index (χ4v) is 7.57. The Morgan fingerprint density at radius 3 is 0.959 bits per heavy atom. The molecule has 4 aromatic rings. The Balaban J connectivity index is 0.000000216. The van der Waals surface area contributed by atoms with Gasteiger partial charge in [0.25, 0.3) is 0 Å². The molecular formula is C44H50N4Zn. The van der Waals surface area contributed by atoms with Crippen LogP contribution in [0.5, 0.6) is 0 Å². The van der Waals surface area contributed by atoms with Gasteiger partial charge in [0.2, 0.25) is 0 Å². The second-order valence-corrected chi connectivity index (χ2v) is 14.0. The van der Waals surface area contributed by atoms with E-state index in [2.05, 4.69) is 145 Å². The van der Waals surface area contributed by atoms with Gasteiger partial charge in [-0.05, 0) is 151 Å². The summed E-state index contributed by atoms with van der Waals surface area (Å²) in [4.78, 5) is 19.4. The summed E-state index contributed by atoms with van der Waals surface area (Å²) in [6.07, 6.45) is 4.30. The van der Waals surface area contributed by atoms with Crippen LogP contribution >= 0.6 is 0 Å². The van der Waals surface area contributed by atoms with Gasteiger partial charge < -0.3 is 9.97 Å². The first-order chi connectivity index (χ1) is 22.5. The quantitative estimate of drug-likeness (QED) is 0.199.